The molecule has 0 radical (unpaired) electrons. The molecule has 1 saturated carbocycles. The predicted molar refractivity (Wildman–Crippen MR) is 97.3 cm³/mol. The summed E-state index contributed by atoms with van der Waals surface area (Å²) in [4.78, 5) is 16.8. The number of aromatic nitrogens is 1. The minimum absolute atomic E-state index is 0.109. The number of fused-ring (bicyclic) bond motifs is 5. The van der Waals surface area contributed by atoms with E-state index in [4.69, 9.17) is 16.3 Å². The quantitative estimate of drug-likeness (QED) is 0.562. The van der Waals surface area contributed by atoms with E-state index in [1.807, 2.05) is 0 Å². The second kappa shape index (κ2) is 6.15. The third-order valence-electron chi connectivity index (χ3n) is 6.56. The van der Waals surface area contributed by atoms with E-state index in [1.165, 1.54) is 12.3 Å². The standard InChI is InChI=1S/C20H15ClF4N2O3/c21-12-6-10(1-2-11(12)20(23,24)25)27-17(29)19-8-18(19,9-3-4-26-15(22)5-9)16-13(28)7-14(19)30-16/h1-6,13-14,16,28H,7-8H2,(H,27,29). The van der Waals surface area contributed by atoms with Crippen LogP contribution in [0.3, 0.4) is 0 Å². The molecule has 0 spiro atoms. The summed E-state index contributed by atoms with van der Waals surface area (Å²) >= 11 is 5.75. The first-order chi connectivity index (χ1) is 14.1. The van der Waals surface area contributed by atoms with Crippen LogP contribution in [0.25, 0.3) is 0 Å². The summed E-state index contributed by atoms with van der Waals surface area (Å²) in [6.07, 6.45) is -4.80. The van der Waals surface area contributed by atoms with Gasteiger partial charge in [-0.25, -0.2) is 4.98 Å². The van der Waals surface area contributed by atoms with Gasteiger partial charge in [0, 0.05) is 23.7 Å². The van der Waals surface area contributed by atoms with Crippen LogP contribution < -0.4 is 5.32 Å². The van der Waals surface area contributed by atoms with Gasteiger partial charge in [-0.2, -0.15) is 17.6 Å². The highest BCUT2D eigenvalue weighted by molar-refractivity contribution is 6.31. The van der Waals surface area contributed by atoms with E-state index < -0.39 is 57.8 Å². The summed E-state index contributed by atoms with van der Waals surface area (Å²) in [5.41, 5.74) is -2.36. The Morgan fingerprint density at radius 2 is 2.07 bits per heavy atom. The first kappa shape index (κ1) is 19.7. The molecule has 5 rings (SSSR count). The van der Waals surface area contributed by atoms with Crippen LogP contribution in [0, 0.1) is 11.4 Å². The smallest absolute Gasteiger partial charge is 0.390 e. The highest BCUT2D eigenvalue weighted by Gasteiger charge is 2.87. The summed E-state index contributed by atoms with van der Waals surface area (Å²) < 4.78 is 58.4. The molecule has 1 aliphatic carbocycles. The molecule has 2 aromatic rings. The van der Waals surface area contributed by atoms with Gasteiger partial charge in [-0.05, 0) is 42.3 Å². The maximum Gasteiger partial charge on any atom is 0.417 e. The first-order valence-electron chi connectivity index (χ1n) is 9.23. The molecular formula is C20H15ClF4N2O3. The monoisotopic (exact) mass is 442 g/mol. The Morgan fingerprint density at radius 1 is 1.30 bits per heavy atom. The van der Waals surface area contributed by atoms with Crippen LogP contribution in [-0.2, 0) is 21.1 Å². The third-order valence-corrected chi connectivity index (χ3v) is 6.87. The Hall–Kier alpha value is -2.23. The van der Waals surface area contributed by atoms with Crippen molar-refractivity contribution in [2.45, 2.75) is 42.7 Å². The largest absolute Gasteiger partial charge is 0.417 e. The fourth-order valence-electron chi connectivity index (χ4n) is 5.28. The molecule has 158 valence electrons. The second-order valence-corrected chi connectivity index (χ2v) is 8.39. The average molecular weight is 443 g/mol. The summed E-state index contributed by atoms with van der Waals surface area (Å²) in [6, 6.07) is 5.78. The number of aliphatic hydroxyl groups is 1. The van der Waals surface area contributed by atoms with Crippen LogP contribution in [0.2, 0.25) is 5.02 Å². The molecule has 1 amide bonds. The van der Waals surface area contributed by atoms with Crippen molar-refractivity contribution in [3.05, 3.63) is 58.6 Å². The van der Waals surface area contributed by atoms with Crippen molar-refractivity contribution in [3.63, 3.8) is 0 Å². The van der Waals surface area contributed by atoms with Gasteiger partial charge in [0.05, 0.1) is 34.3 Å². The number of nitrogens with one attached hydrogen (secondary N) is 1. The Kier molecular flexibility index (Phi) is 4.04. The van der Waals surface area contributed by atoms with Crippen LogP contribution in [-0.4, -0.2) is 34.3 Å². The molecule has 5 nitrogen and oxygen atoms in total. The van der Waals surface area contributed by atoms with Crippen molar-refractivity contribution in [2.24, 2.45) is 5.41 Å². The number of benzene rings is 1. The first-order valence-corrected chi connectivity index (χ1v) is 9.61. The summed E-state index contributed by atoms with van der Waals surface area (Å²) in [5, 5.41) is 12.5. The zero-order valence-corrected chi connectivity index (χ0v) is 16.0. The van der Waals surface area contributed by atoms with Gasteiger partial charge in [-0.15, -0.1) is 0 Å². The van der Waals surface area contributed by atoms with E-state index >= 15 is 0 Å². The summed E-state index contributed by atoms with van der Waals surface area (Å²) in [5.74, 6) is -1.18. The molecule has 1 aromatic heterocycles. The van der Waals surface area contributed by atoms with Crippen molar-refractivity contribution in [1.82, 2.24) is 4.98 Å². The number of nitrogens with zero attached hydrogens (tertiary/aromatic N) is 1. The fraction of sp³-hybridized carbons (Fsp3) is 0.400. The minimum atomic E-state index is -4.61. The van der Waals surface area contributed by atoms with Gasteiger partial charge in [-0.3, -0.25) is 4.79 Å². The molecule has 3 heterocycles. The van der Waals surface area contributed by atoms with Crippen LogP contribution in [0.5, 0.6) is 0 Å². The van der Waals surface area contributed by atoms with Crippen molar-refractivity contribution >= 4 is 23.2 Å². The number of aliphatic hydroxyl groups excluding tert-OH is 1. The van der Waals surface area contributed by atoms with Crippen LogP contribution in [0.15, 0.2) is 36.5 Å². The maximum absolute atomic E-state index is 13.8. The number of rotatable bonds is 3. The van der Waals surface area contributed by atoms with Gasteiger partial charge in [0.1, 0.15) is 0 Å². The van der Waals surface area contributed by atoms with Crippen molar-refractivity contribution < 1.29 is 32.2 Å². The molecule has 3 aliphatic rings. The molecule has 3 fully saturated rings. The van der Waals surface area contributed by atoms with Crippen LogP contribution >= 0.6 is 11.6 Å². The highest BCUT2D eigenvalue weighted by Crippen LogP contribution is 2.77. The lowest BCUT2D eigenvalue weighted by Crippen LogP contribution is -2.44. The van der Waals surface area contributed by atoms with Gasteiger partial charge in [-0.1, -0.05) is 11.6 Å². The zero-order chi connectivity index (χ0) is 21.5. The van der Waals surface area contributed by atoms with Gasteiger partial charge in [0.25, 0.3) is 0 Å². The van der Waals surface area contributed by atoms with Gasteiger partial charge in [0.15, 0.2) is 0 Å². The van der Waals surface area contributed by atoms with E-state index in [-0.39, 0.29) is 12.1 Å². The van der Waals surface area contributed by atoms with Crippen LogP contribution in [0.4, 0.5) is 23.2 Å². The minimum Gasteiger partial charge on any atom is -0.390 e. The van der Waals surface area contributed by atoms with Crippen molar-refractivity contribution in [2.75, 3.05) is 5.32 Å². The van der Waals surface area contributed by atoms with E-state index in [1.54, 1.807) is 6.07 Å². The molecule has 2 N–H and O–H groups in total. The number of carbonyl (C=O) groups is 1. The lowest BCUT2D eigenvalue weighted by Gasteiger charge is -2.29. The Labute approximate surface area is 173 Å². The topological polar surface area (TPSA) is 71.5 Å². The number of halogens is 5. The van der Waals surface area contributed by atoms with E-state index in [0.717, 1.165) is 18.2 Å². The van der Waals surface area contributed by atoms with Crippen LogP contribution in [0.1, 0.15) is 24.0 Å². The lowest BCUT2D eigenvalue weighted by atomic mass is 9.74. The summed E-state index contributed by atoms with van der Waals surface area (Å²) in [6.45, 7) is 0. The Balaban J connectivity index is 1.48. The van der Waals surface area contributed by atoms with Gasteiger partial charge < -0.3 is 15.2 Å². The number of anilines is 1. The SMILES string of the molecule is O=C(Nc1ccc(C(F)(F)F)c(Cl)c1)C12CC1(c1ccnc(F)c1)C1OC2CC1O. The maximum atomic E-state index is 13.8. The molecule has 2 aliphatic heterocycles. The molecule has 5 unspecified atom stereocenters. The fourth-order valence-corrected chi connectivity index (χ4v) is 5.57. The molecular weight excluding hydrogens is 428 g/mol. The average Bonchev–Trinajstić information content (AvgIpc) is 3.15. The number of amides is 1. The number of carbonyl (C=O) groups excluding carboxylic acids is 1. The lowest BCUT2D eigenvalue weighted by molar-refractivity contribution is -0.137. The third kappa shape index (κ3) is 2.48. The number of alkyl halides is 3. The van der Waals surface area contributed by atoms with Gasteiger partial charge >= 0.3 is 6.18 Å². The summed E-state index contributed by atoms with van der Waals surface area (Å²) in [7, 11) is 0. The number of hydrogen-bond donors (Lipinski definition) is 2. The number of pyridine rings is 1. The predicted octanol–water partition coefficient (Wildman–Crippen LogP) is 3.69. The van der Waals surface area contributed by atoms with Crippen molar-refractivity contribution in [1.29, 1.82) is 0 Å². The van der Waals surface area contributed by atoms with E-state index in [0.29, 0.717) is 12.0 Å². The second-order valence-electron chi connectivity index (χ2n) is 7.98. The molecule has 30 heavy (non-hydrogen) atoms. The van der Waals surface area contributed by atoms with Crippen molar-refractivity contribution in [3.8, 4) is 0 Å². The highest BCUT2D eigenvalue weighted by atomic mass is 35.5. The molecule has 2 saturated heterocycles. The van der Waals surface area contributed by atoms with E-state index in [9.17, 15) is 27.5 Å². The molecule has 10 heteroatoms. The Morgan fingerprint density at radius 3 is 2.73 bits per heavy atom. The zero-order valence-electron chi connectivity index (χ0n) is 15.2. The van der Waals surface area contributed by atoms with E-state index in [2.05, 4.69) is 10.3 Å². The molecule has 5 atom stereocenters. The normalized spacial score (nSPS) is 34.0. The molecule has 1 aromatic carbocycles. The number of ether oxygens (including phenoxy) is 1. The number of hydrogen-bond acceptors (Lipinski definition) is 4. The Bertz CT molecular complexity index is 1060. The van der Waals surface area contributed by atoms with Gasteiger partial charge in [0.2, 0.25) is 11.9 Å². The molecule has 2 bridgehead atoms.